The van der Waals surface area contributed by atoms with E-state index in [1.54, 1.807) is 36.1 Å². The second kappa shape index (κ2) is 6.95. The van der Waals surface area contributed by atoms with Crippen LogP contribution in [0, 0.1) is 11.3 Å². The van der Waals surface area contributed by atoms with Gasteiger partial charge in [-0.15, -0.1) is 0 Å². The zero-order valence-electron chi connectivity index (χ0n) is 14.1. The molecule has 0 bridgehead atoms. The first-order valence-electron chi connectivity index (χ1n) is 8.36. The number of nitrogen functional groups attached to an aromatic ring is 1. The number of piperidine rings is 1. The maximum Gasteiger partial charge on any atom is 0.254 e. The number of aliphatic hydroxyl groups is 1. The Morgan fingerprint density at radius 3 is 2.72 bits per heavy atom. The molecule has 7 heteroatoms. The predicted octanol–water partition coefficient (Wildman–Crippen LogP) is 1.70. The minimum absolute atomic E-state index is 0.0803. The summed E-state index contributed by atoms with van der Waals surface area (Å²) in [6.45, 7) is 2.39. The average molecular weight is 339 g/mol. The van der Waals surface area contributed by atoms with E-state index in [2.05, 4.69) is 5.10 Å². The van der Waals surface area contributed by atoms with E-state index in [0.717, 1.165) is 19.3 Å². The first-order chi connectivity index (χ1) is 12.0. The lowest BCUT2D eigenvalue weighted by Crippen LogP contribution is -2.48. The van der Waals surface area contributed by atoms with E-state index in [0.29, 0.717) is 23.4 Å². The summed E-state index contributed by atoms with van der Waals surface area (Å²) >= 11 is 0. The lowest BCUT2D eigenvalue weighted by molar-refractivity contribution is 0.0281. The molecule has 0 radical (unpaired) electrons. The van der Waals surface area contributed by atoms with E-state index in [4.69, 9.17) is 11.0 Å². The highest BCUT2D eigenvalue weighted by Crippen LogP contribution is 2.23. The van der Waals surface area contributed by atoms with Crippen LogP contribution in [-0.2, 0) is 0 Å². The first kappa shape index (κ1) is 17.0. The molecule has 25 heavy (non-hydrogen) atoms. The van der Waals surface area contributed by atoms with Gasteiger partial charge in [0.05, 0.1) is 24.0 Å². The van der Waals surface area contributed by atoms with Crippen molar-refractivity contribution in [2.24, 2.45) is 0 Å². The molecule has 7 nitrogen and oxygen atoms in total. The molecule has 0 saturated carbocycles. The Morgan fingerprint density at radius 1 is 1.40 bits per heavy atom. The van der Waals surface area contributed by atoms with Crippen molar-refractivity contribution in [2.75, 3.05) is 12.3 Å². The average Bonchev–Trinajstić information content (AvgIpc) is 3.01. The number of nitrogens with two attached hydrogens (primary N) is 1. The summed E-state index contributed by atoms with van der Waals surface area (Å²) in [6.07, 6.45) is 3.67. The maximum atomic E-state index is 12.8. The lowest BCUT2D eigenvalue weighted by atomic mass is 9.97. The third kappa shape index (κ3) is 3.21. The van der Waals surface area contributed by atoms with Crippen molar-refractivity contribution in [3.8, 4) is 11.8 Å². The Balaban J connectivity index is 1.83. The van der Waals surface area contributed by atoms with Gasteiger partial charge in [0.2, 0.25) is 0 Å². The van der Waals surface area contributed by atoms with Crippen molar-refractivity contribution in [1.82, 2.24) is 14.7 Å². The van der Waals surface area contributed by atoms with Gasteiger partial charge in [0.1, 0.15) is 17.5 Å². The zero-order valence-corrected chi connectivity index (χ0v) is 14.1. The molecule has 2 heterocycles. The molecule has 1 aromatic heterocycles. The summed E-state index contributed by atoms with van der Waals surface area (Å²) in [5.41, 5.74) is 7.44. The number of carbonyl (C=O) groups excluding carboxylic acids is 1. The minimum Gasteiger partial charge on any atom is -0.391 e. The number of carbonyl (C=O) groups is 1. The number of nitriles is 1. The largest absolute Gasteiger partial charge is 0.391 e. The minimum atomic E-state index is -0.545. The van der Waals surface area contributed by atoms with E-state index in [9.17, 15) is 9.90 Å². The number of benzene rings is 1. The topological polar surface area (TPSA) is 108 Å². The van der Waals surface area contributed by atoms with Crippen LogP contribution < -0.4 is 5.73 Å². The molecule has 3 N–H and O–H groups in total. The van der Waals surface area contributed by atoms with Crippen LogP contribution in [0.3, 0.4) is 0 Å². The molecule has 2 atom stereocenters. The Morgan fingerprint density at radius 2 is 2.12 bits per heavy atom. The van der Waals surface area contributed by atoms with Gasteiger partial charge in [-0.1, -0.05) is 0 Å². The molecule has 1 aliphatic heterocycles. The molecular weight excluding hydrogens is 318 g/mol. The van der Waals surface area contributed by atoms with Crippen LogP contribution in [-0.4, -0.2) is 44.4 Å². The van der Waals surface area contributed by atoms with Gasteiger partial charge in [-0.25, -0.2) is 4.68 Å². The SMILES string of the molecule is CC(O)C1CCCCN1C(=O)c1ccc(-n2ncc(C#N)c2N)cc1. The van der Waals surface area contributed by atoms with Gasteiger partial charge in [-0.2, -0.15) is 10.4 Å². The standard InChI is InChI=1S/C18H21N5O2/c1-12(24)16-4-2-3-9-22(16)18(25)13-5-7-15(8-6-13)23-17(20)14(10-19)11-21-23/h5-8,11-12,16,24H,2-4,9,20H2,1H3. The highest BCUT2D eigenvalue weighted by molar-refractivity contribution is 5.94. The molecule has 3 rings (SSSR count). The lowest BCUT2D eigenvalue weighted by Gasteiger charge is -2.37. The molecule has 0 spiro atoms. The normalized spacial score (nSPS) is 18.6. The van der Waals surface area contributed by atoms with Crippen LogP contribution in [0.1, 0.15) is 42.1 Å². The van der Waals surface area contributed by atoms with E-state index in [1.807, 2.05) is 6.07 Å². The Labute approximate surface area is 146 Å². The molecule has 1 saturated heterocycles. The summed E-state index contributed by atoms with van der Waals surface area (Å²) < 4.78 is 1.46. The van der Waals surface area contributed by atoms with Crippen LogP contribution in [0.4, 0.5) is 5.82 Å². The van der Waals surface area contributed by atoms with Crippen LogP contribution >= 0.6 is 0 Å². The summed E-state index contributed by atoms with van der Waals surface area (Å²) in [7, 11) is 0. The number of nitrogens with zero attached hydrogens (tertiary/aromatic N) is 4. The van der Waals surface area contributed by atoms with Crippen LogP contribution in [0.5, 0.6) is 0 Å². The van der Waals surface area contributed by atoms with Gasteiger partial charge < -0.3 is 15.7 Å². The molecular formula is C18H21N5O2. The van der Waals surface area contributed by atoms with E-state index >= 15 is 0 Å². The van der Waals surface area contributed by atoms with E-state index in [1.165, 1.54) is 10.9 Å². The Bertz CT molecular complexity index is 804. The third-order valence-corrected chi connectivity index (χ3v) is 4.65. The number of rotatable bonds is 3. The molecule has 2 unspecified atom stereocenters. The van der Waals surface area contributed by atoms with Crippen molar-refractivity contribution in [3.63, 3.8) is 0 Å². The molecule has 130 valence electrons. The zero-order chi connectivity index (χ0) is 18.0. The number of likely N-dealkylation sites (tertiary alicyclic amines) is 1. The molecule has 1 aliphatic rings. The van der Waals surface area contributed by atoms with E-state index < -0.39 is 6.10 Å². The summed E-state index contributed by atoms with van der Waals surface area (Å²) in [4.78, 5) is 14.6. The molecule has 0 aliphatic carbocycles. The molecule has 1 fully saturated rings. The first-order valence-corrected chi connectivity index (χ1v) is 8.36. The molecule has 1 amide bonds. The number of hydrogen-bond donors (Lipinski definition) is 2. The second-order valence-corrected chi connectivity index (χ2v) is 6.32. The number of amides is 1. The Hall–Kier alpha value is -2.85. The summed E-state index contributed by atoms with van der Waals surface area (Å²) in [5, 5.41) is 23.0. The van der Waals surface area contributed by atoms with Gasteiger partial charge in [-0.3, -0.25) is 4.79 Å². The smallest absolute Gasteiger partial charge is 0.254 e. The molecule has 2 aromatic rings. The number of aromatic nitrogens is 2. The third-order valence-electron chi connectivity index (χ3n) is 4.65. The van der Waals surface area contributed by atoms with Gasteiger partial charge in [0.15, 0.2) is 0 Å². The van der Waals surface area contributed by atoms with Crippen molar-refractivity contribution in [2.45, 2.75) is 38.3 Å². The second-order valence-electron chi connectivity index (χ2n) is 6.32. The highest BCUT2D eigenvalue weighted by Gasteiger charge is 2.30. The highest BCUT2D eigenvalue weighted by atomic mass is 16.3. The van der Waals surface area contributed by atoms with Gasteiger partial charge in [0.25, 0.3) is 5.91 Å². The Kier molecular flexibility index (Phi) is 4.72. The fourth-order valence-corrected chi connectivity index (χ4v) is 3.27. The van der Waals surface area contributed by atoms with Gasteiger partial charge in [0, 0.05) is 12.1 Å². The van der Waals surface area contributed by atoms with Crippen molar-refractivity contribution < 1.29 is 9.90 Å². The number of anilines is 1. The molecule has 1 aromatic carbocycles. The van der Waals surface area contributed by atoms with Crippen molar-refractivity contribution in [3.05, 3.63) is 41.6 Å². The maximum absolute atomic E-state index is 12.8. The van der Waals surface area contributed by atoms with Crippen molar-refractivity contribution in [1.29, 1.82) is 5.26 Å². The number of hydrogen-bond acceptors (Lipinski definition) is 5. The van der Waals surface area contributed by atoms with Gasteiger partial charge >= 0.3 is 0 Å². The van der Waals surface area contributed by atoms with Gasteiger partial charge in [-0.05, 0) is 50.5 Å². The summed E-state index contributed by atoms with van der Waals surface area (Å²) in [5.74, 6) is 0.190. The quantitative estimate of drug-likeness (QED) is 0.885. The number of aliphatic hydroxyl groups excluding tert-OH is 1. The summed E-state index contributed by atoms with van der Waals surface area (Å²) in [6, 6.07) is 8.78. The monoisotopic (exact) mass is 339 g/mol. The predicted molar refractivity (Wildman–Crippen MR) is 93.0 cm³/mol. The van der Waals surface area contributed by atoms with Crippen molar-refractivity contribution >= 4 is 11.7 Å². The van der Waals surface area contributed by atoms with Crippen LogP contribution in [0.25, 0.3) is 5.69 Å². The van der Waals surface area contributed by atoms with E-state index in [-0.39, 0.29) is 17.8 Å². The fraction of sp³-hybridized carbons (Fsp3) is 0.389. The fourth-order valence-electron chi connectivity index (χ4n) is 3.27. The van der Waals surface area contributed by atoms with Crippen LogP contribution in [0.15, 0.2) is 30.5 Å². The van der Waals surface area contributed by atoms with Crippen LogP contribution in [0.2, 0.25) is 0 Å².